The second-order valence-electron chi connectivity index (χ2n) is 1.86. The zero-order valence-corrected chi connectivity index (χ0v) is 9.51. The third-order valence-corrected chi connectivity index (χ3v) is 1.00. The van der Waals surface area contributed by atoms with Crippen LogP contribution in [0.15, 0.2) is 10.6 Å². The fraction of sp³-hybridized carbons (Fsp3) is 0.200. The van der Waals surface area contributed by atoms with Gasteiger partial charge in [-0.15, -0.1) is 0 Å². The van der Waals surface area contributed by atoms with Gasteiger partial charge in [-0.2, -0.15) is 13.2 Å². The molecule has 1 heterocycles. The summed E-state index contributed by atoms with van der Waals surface area (Å²) in [5, 5.41) is 12.4. The smallest absolute Gasteiger partial charge is 0.541 e. The number of aromatic carboxylic acids is 1. The summed E-state index contributed by atoms with van der Waals surface area (Å²) >= 11 is 0. The number of aromatic nitrogens is 1. The van der Waals surface area contributed by atoms with Gasteiger partial charge in [-0.1, -0.05) is 5.16 Å². The van der Waals surface area contributed by atoms with E-state index < -0.39 is 23.6 Å². The molecule has 0 saturated carbocycles. The van der Waals surface area contributed by atoms with Crippen LogP contribution in [-0.4, -0.2) is 11.1 Å². The van der Waals surface area contributed by atoms with Crippen molar-refractivity contribution in [2.75, 3.05) is 0 Å². The molecular formula is C5HF3KNO3. The number of hydrogen-bond acceptors (Lipinski definition) is 4. The minimum absolute atomic E-state index is 0. The van der Waals surface area contributed by atoms with Crippen LogP contribution < -0.4 is 56.5 Å². The van der Waals surface area contributed by atoms with Crippen LogP contribution in [0, 0.1) is 0 Å². The number of carboxylic acids is 1. The largest absolute Gasteiger partial charge is 1.00 e. The Kier molecular flexibility index (Phi) is 4.59. The first-order chi connectivity index (χ1) is 5.41. The van der Waals surface area contributed by atoms with Crippen molar-refractivity contribution in [1.82, 2.24) is 5.16 Å². The van der Waals surface area contributed by atoms with Crippen molar-refractivity contribution in [1.29, 1.82) is 0 Å². The Morgan fingerprint density at radius 3 is 2.31 bits per heavy atom. The summed E-state index contributed by atoms with van der Waals surface area (Å²) in [6.07, 6.45) is -4.70. The van der Waals surface area contributed by atoms with Gasteiger partial charge in [0.2, 0.25) is 0 Å². The molecule has 0 aliphatic rings. The van der Waals surface area contributed by atoms with E-state index in [-0.39, 0.29) is 57.5 Å². The van der Waals surface area contributed by atoms with Gasteiger partial charge in [0.15, 0.2) is 11.5 Å². The van der Waals surface area contributed by atoms with Crippen molar-refractivity contribution in [3.63, 3.8) is 0 Å². The van der Waals surface area contributed by atoms with Gasteiger partial charge >= 0.3 is 57.6 Å². The molecule has 1 aromatic heterocycles. The maximum atomic E-state index is 11.7. The summed E-state index contributed by atoms with van der Waals surface area (Å²) in [5.74, 6) is -2.78. The molecule has 66 valence electrons. The molecule has 8 heteroatoms. The summed E-state index contributed by atoms with van der Waals surface area (Å²) in [5.41, 5.74) is -1.39. The molecule has 0 bridgehead atoms. The average molecular weight is 219 g/mol. The quantitative estimate of drug-likeness (QED) is 0.474. The molecule has 4 nitrogen and oxygen atoms in total. The van der Waals surface area contributed by atoms with E-state index in [0.29, 0.717) is 0 Å². The Morgan fingerprint density at radius 1 is 1.54 bits per heavy atom. The van der Waals surface area contributed by atoms with Gasteiger partial charge in [0.25, 0.3) is 0 Å². The second-order valence-corrected chi connectivity index (χ2v) is 1.86. The van der Waals surface area contributed by atoms with Gasteiger partial charge in [0, 0.05) is 6.07 Å². The van der Waals surface area contributed by atoms with Crippen LogP contribution in [0.1, 0.15) is 16.2 Å². The zero-order valence-electron chi connectivity index (χ0n) is 6.38. The van der Waals surface area contributed by atoms with Crippen LogP contribution in [0.2, 0.25) is 0 Å². The van der Waals surface area contributed by atoms with E-state index in [2.05, 4.69) is 9.68 Å². The SMILES string of the molecule is O=C([O-])c1cc(C(F)(F)F)no1.[K+]. The normalized spacial score (nSPS) is 10.7. The molecule has 0 spiro atoms. The summed E-state index contributed by atoms with van der Waals surface area (Å²) < 4.78 is 39.0. The molecule has 0 N–H and O–H groups in total. The molecule has 0 radical (unpaired) electrons. The number of hydrogen-bond donors (Lipinski definition) is 0. The standard InChI is InChI=1S/C5H2F3NO3.K/c6-5(7,8)3-1-2(4(10)11)12-9-3;/h1H,(H,10,11);/q;+1/p-1. The minimum Gasteiger partial charge on any atom is -0.541 e. The molecule has 0 atom stereocenters. The fourth-order valence-corrected chi connectivity index (χ4v) is 0.505. The summed E-state index contributed by atoms with van der Waals surface area (Å²) in [6, 6.07) is 0.259. The van der Waals surface area contributed by atoms with Gasteiger partial charge in [-0.3, -0.25) is 0 Å². The van der Waals surface area contributed by atoms with E-state index in [1.807, 2.05) is 0 Å². The molecule has 0 unspecified atom stereocenters. The van der Waals surface area contributed by atoms with Gasteiger partial charge < -0.3 is 14.4 Å². The molecule has 0 saturated heterocycles. The van der Waals surface area contributed by atoms with Crippen LogP contribution in [0.25, 0.3) is 0 Å². The molecule has 1 aromatic rings. The summed E-state index contributed by atoms with van der Waals surface area (Å²) in [7, 11) is 0. The predicted molar refractivity (Wildman–Crippen MR) is 25.8 cm³/mol. The monoisotopic (exact) mass is 219 g/mol. The topological polar surface area (TPSA) is 66.2 Å². The van der Waals surface area contributed by atoms with E-state index in [4.69, 9.17) is 0 Å². The van der Waals surface area contributed by atoms with Crippen LogP contribution in [-0.2, 0) is 6.18 Å². The maximum absolute atomic E-state index is 11.7. The van der Waals surface area contributed by atoms with Crippen molar-refractivity contribution >= 4 is 5.97 Å². The Balaban J connectivity index is 0.00000144. The zero-order chi connectivity index (χ0) is 9.35. The molecular weight excluding hydrogens is 218 g/mol. The Bertz CT molecular complexity index is 308. The Labute approximate surface area is 113 Å². The third-order valence-electron chi connectivity index (χ3n) is 1.00. The van der Waals surface area contributed by atoms with Crippen molar-refractivity contribution < 1.29 is 79.0 Å². The number of halogens is 3. The van der Waals surface area contributed by atoms with Crippen LogP contribution in [0.3, 0.4) is 0 Å². The van der Waals surface area contributed by atoms with Crippen molar-refractivity contribution in [3.05, 3.63) is 17.5 Å². The number of nitrogens with zero attached hydrogens (tertiary/aromatic N) is 1. The van der Waals surface area contributed by atoms with Gasteiger partial charge in [-0.25, -0.2) is 0 Å². The van der Waals surface area contributed by atoms with Crippen LogP contribution >= 0.6 is 0 Å². The molecule has 0 aliphatic heterocycles. The van der Waals surface area contributed by atoms with Gasteiger partial charge in [0.1, 0.15) is 5.97 Å². The van der Waals surface area contributed by atoms with E-state index in [1.54, 1.807) is 0 Å². The average Bonchev–Trinajstić information content (AvgIpc) is 2.30. The second kappa shape index (κ2) is 4.56. The van der Waals surface area contributed by atoms with Gasteiger partial charge in [-0.05, 0) is 0 Å². The number of carboxylic acid groups (broad SMARTS) is 1. The first-order valence-electron chi connectivity index (χ1n) is 2.66. The molecule has 0 fully saturated rings. The molecule has 0 amide bonds. The fourth-order valence-electron chi connectivity index (χ4n) is 0.505. The first kappa shape index (κ1) is 13.1. The predicted octanol–water partition coefficient (Wildman–Crippen LogP) is -2.94. The first-order valence-corrected chi connectivity index (χ1v) is 2.66. The van der Waals surface area contributed by atoms with E-state index >= 15 is 0 Å². The number of alkyl halides is 3. The van der Waals surface area contributed by atoms with Crippen molar-refractivity contribution in [2.45, 2.75) is 6.18 Å². The molecule has 13 heavy (non-hydrogen) atoms. The third kappa shape index (κ3) is 3.39. The van der Waals surface area contributed by atoms with E-state index in [0.717, 1.165) is 0 Å². The number of carbonyl (C=O) groups excluding carboxylic acids is 1. The Morgan fingerprint density at radius 2 is 2.08 bits per heavy atom. The van der Waals surface area contributed by atoms with Gasteiger partial charge in [0.05, 0.1) is 0 Å². The van der Waals surface area contributed by atoms with Crippen molar-refractivity contribution in [2.24, 2.45) is 0 Å². The molecule has 0 aliphatic carbocycles. The van der Waals surface area contributed by atoms with E-state index in [1.165, 1.54) is 0 Å². The Hall–Kier alpha value is 0.106. The number of carbonyl (C=O) groups is 1. The van der Waals surface area contributed by atoms with Crippen LogP contribution in [0.5, 0.6) is 0 Å². The minimum atomic E-state index is -4.70. The summed E-state index contributed by atoms with van der Waals surface area (Å²) in [6.45, 7) is 0. The van der Waals surface area contributed by atoms with Crippen LogP contribution in [0.4, 0.5) is 13.2 Å². The summed E-state index contributed by atoms with van der Waals surface area (Å²) in [4.78, 5) is 9.93. The maximum Gasteiger partial charge on any atom is 1.00 e. The van der Waals surface area contributed by atoms with Crippen molar-refractivity contribution in [3.8, 4) is 0 Å². The molecule has 0 aromatic carbocycles. The molecule has 1 rings (SSSR count). The van der Waals surface area contributed by atoms with E-state index in [9.17, 15) is 23.1 Å². The number of rotatable bonds is 1.